The summed E-state index contributed by atoms with van der Waals surface area (Å²) in [6, 6.07) is 17.8. The number of hydrogen-bond donors (Lipinski definition) is 2. The summed E-state index contributed by atoms with van der Waals surface area (Å²) in [6.45, 7) is 6.03. The number of rotatable bonds is 8. The zero-order valence-electron chi connectivity index (χ0n) is 20.5. The normalized spacial score (nSPS) is 25.6. The van der Waals surface area contributed by atoms with E-state index in [9.17, 15) is 14.3 Å². The topological polar surface area (TPSA) is 55.8 Å². The third kappa shape index (κ3) is 5.24. The van der Waals surface area contributed by atoms with E-state index in [1.54, 1.807) is 6.07 Å². The summed E-state index contributed by atoms with van der Waals surface area (Å²) in [5.41, 5.74) is 2.14. The number of likely N-dealkylation sites (tertiary alicyclic amines) is 2. The lowest BCUT2D eigenvalue weighted by Gasteiger charge is -2.53. The summed E-state index contributed by atoms with van der Waals surface area (Å²) in [7, 11) is 0. The van der Waals surface area contributed by atoms with Crippen LogP contribution in [0.25, 0.3) is 0 Å². The Bertz CT molecular complexity index is 990. The van der Waals surface area contributed by atoms with Gasteiger partial charge in [-0.3, -0.25) is 4.90 Å². The zero-order chi connectivity index (χ0) is 24.3. The van der Waals surface area contributed by atoms with Crippen LogP contribution in [0.3, 0.4) is 0 Å². The first-order chi connectivity index (χ1) is 17.0. The molecule has 0 radical (unpaired) electrons. The third-order valence-corrected chi connectivity index (χ3v) is 8.85. The first-order valence-electron chi connectivity index (χ1n) is 13.3. The molecule has 3 atom stereocenters. The lowest BCUT2D eigenvalue weighted by Crippen LogP contribution is -2.59. The van der Waals surface area contributed by atoms with E-state index in [0.29, 0.717) is 5.92 Å². The lowest BCUT2D eigenvalue weighted by atomic mass is 9.57. The van der Waals surface area contributed by atoms with E-state index in [-0.39, 0.29) is 23.2 Å². The van der Waals surface area contributed by atoms with E-state index in [0.717, 1.165) is 76.9 Å². The van der Waals surface area contributed by atoms with Crippen LogP contribution in [0.15, 0.2) is 54.6 Å². The average molecular weight is 480 g/mol. The zero-order valence-corrected chi connectivity index (χ0v) is 20.5. The molecule has 2 aromatic carbocycles. The molecule has 35 heavy (non-hydrogen) atoms. The van der Waals surface area contributed by atoms with Gasteiger partial charge in [-0.05, 0) is 93.4 Å². The summed E-state index contributed by atoms with van der Waals surface area (Å²) < 4.78 is 14.7. The summed E-state index contributed by atoms with van der Waals surface area (Å²) >= 11 is 0. The van der Waals surface area contributed by atoms with Gasteiger partial charge in [-0.1, -0.05) is 48.9 Å². The number of amides is 1. The van der Waals surface area contributed by atoms with Crippen molar-refractivity contribution in [2.75, 3.05) is 32.7 Å². The van der Waals surface area contributed by atoms with Crippen LogP contribution < -0.4 is 5.32 Å². The molecule has 2 heterocycles. The van der Waals surface area contributed by atoms with E-state index < -0.39 is 6.09 Å². The molecule has 3 fully saturated rings. The number of nitrogens with one attached hydrogen (secondary N) is 1. The molecule has 6 heteroatoms. The van der Waals surface area contributed by atoms with Gasteiger partial charge in [0.05, 0.1) is 0 Å². The molecule has 188 valence electrons. The highest BCUT2D eigenvalue weighted by Gasteiger charge is 2.52. The molecule has 0 spiro atoms. The number of benzene rings is 2. The van der Waals surface area contributed by atoms with Crippen molar-refractivity contribution in [2.24, 2.45) is 11.8 Å². The Morgan fingerprint density at radius 3 is 2.37 bits per heavy atom. The van der Waals surface area contributed by atoms with Gasteiger partial charge in [0.15, 0.2) is 0 Å². The van der Waals surface area contributed by atoms with Crippen molar-refractivity contribution in [1.82, 2.24) is 15.1 Å². The third-order valence-electron chi connectivity index (χ3n) is 8.85. The monoisotopic (exact) mass is 479 g/mol. The molecule has 5 rings (SSSR count). The van der Waals surface area contributed by atoms with Crippen LogP contribution in [0.2, 0.25) is 0 Å². The molecule has 0 bridgehead atoms. The van der Waals surface area contributed by atoms with Crippen molar-refractivity contribution in [2.45, 2.75) is 56.5 Å². The Labute approximate surface area is 208 Å². The van der Waals surface area contributed by atoms with Crippen molar-refractivity contribution in [3.05, 3.63) is 71.5 Å². The molecule has 2 N–H and O–H groups in total. The Balaban J connectivity index is 1.47. The van der Waals surface area contributed by atoms with E-state index in [1.165, 1.54) is 18.1 Å². The number of piperidine rings is 1. The van der Waals surface area contributed by atoms with Crippen molar-refractivity contribution in [1.29, 1.82) is 0 Å². The highest BCUT2D eigenvalue weighted by molar-refractivity contribution is 5.65. The summed E-state index contributed by atoms with van der Waals surface area (Å²) in [6.07, 6.45) is 5.22. The second-order valence-corrected chi connectivity index (χ2v) is 10.8. The van der Waals surface area contributed by atoms with Crippen LogP contribution in [0.4, 0.5) is 9.18 Å². The smallest absolute Gasteiger partial charge is 0.404 e. The number of halogens is 1. The largest absolute Gasteiger partial charge is 0.465 e. The molecule has 1 aliphatic carbocycles. The quantitative estimate of drug-likeness (QED) is 0.552. The molecule has 2 aromatic rings. The SMILES string of the molecule is O=C(O)N[C@H]1CCC[C@@H]1C(CN1CCC1)(c1cccc(F)c1)C1CCN(Cc2ccccc2)CC1. The van der Waals surface area contributed by atoms with Crippen LogP contribution in [0.1, 0.15) is 49.7 Å². The standard InChI is InChI=1S/C29H38FN3O2/c30-25-10-4-9-24(19-25)29(21-33-15-6-16-33,26-11-5-12-27(26)31-28(34)35)23-13-17-32(18-14-23)20-22-7-2-1-3-8-22/h1-4,7-10,19,23,26-27,31H,5-6,11-18,20-21H2,(H,34,35)/t26-,27-,29?/m0/s1. The Kier molecular flexibility index (Phi) is 7.40. The van der Waals surface area contributed by atoms with Crippen molar-refractivity contribution in [3.63, 3.8) is 0 Å². The minimum Gasteiger partial charge on any atom is -0.465 e. The van der Waals surface area contributed by atoms with E-state index >= 15 is 0 Å². The van der Waals surface area contributed by atoms with E-state index in [1.807, 2.05) is 6.07 Å². The molecule has 5 nitrogen and oxygen atoms in total. The molecule has 2 aliphatic heterocycles. The lowest BCUT2D eigenvalue weighted by molar-refractivity contribution is 0.0246. The second-order valence-electron chi connectivity index (χ2n) is 10.8. The van der Waals surface area contributed by atoms with Crippen molar-refractivity contribution in [3.8, 4) is 0 Å². The van der Waals surface area contributed by atoms with Crippen molar-refractivity contribution < 1.29 is 14.3 Å². The van der Waals surface area contributed by atoms with Gasteiger partial charge >= 0.3 is 6.09 Å². The van der Waals surface area contributed by atoms with Gasteiger partial charge in [0.2, 0.25) is 0 Å². The van der Waals surface area contributed by atoms with Gasteiger partial charge in [0.1, 0.15) is 5.82 Å². The van der Waals surface area contributed by atoms with Gasteiger partial charge in [-0.15, -0.1) is 0 Å². The van der Waals surface area contributed by atoms with E-state index in [2.05, 4.69) is 51.5 Å². The predicted octanol–water partition coefficient (Wildman–Crippen LogP) is 5.12. The number of carboxylic acid groups (broad SMARTS) is 1. The molecule has 0 aromatic heterocycles. The van der Waals surface area contributed by atoms with Gasteiger partial charge in [-0.2, -0.15) is 0 Å². The minimum atomic E-state index is -0.948. The maximum absolute atomic E-state index is 14.7. The highest BCUT2D eigenvalue weighted by atomic mass is 19.1. The van der Waals surface area contributed by atoms with Crippen LogP contribution in [-0.2, 0) is 12.0 Å². The van der Waals surface area contributed by atoms with Gasteiger partial charge in [0.25, 0.3) is 0 Å². The Hall–Kier alpha value is -2.44. The second kappa shape index (κ2) is 10.7. The number of nitrogens with zero attached hydrogens (tertiary/aromatic N) is 2. The Morgan fingerprint density at radius 2 is 1.71 bits per heavy atom. The van der Waals surface area contributed by atoms with Crippen molar-refractivity contribution >= 4 is 6.09 Å². The van der Waals surface area contributed by atoms with E-state index in [4.69, 9.17) is 0 Å². The summed E-state index contributed by atoms with van der Waals surface area (Å²) in [5, 5.41) is 12.5. The summed E-state index contributed by atoms with van der Waals surface area (Å²) in [4.78, 5) is 16.8. The van der Waals surface area contributed by atoms with Gasteiger partial charge in [0, 0.05) is 24.5 Å². The molecule has 1 saturated carbocycles. The molecular formula is C29H38FN3O2. The molecular weight excluding hydrogens is 441 g/mol. The maximum Gasteiger partial charge on any atom is 0.404 e. The summed E-state index contributed by atoms with van der Waals surface area (Å²) in [5.74, 6) is 0.363. The van der Waals surface area contributed by atoms with Crippen LogP contribution in [0, 0.1) is 17.7 Å². The predicted molar refractivity (Wildman–Crippen MR) is 136 cm³/mol. The first kappa shape index (κ1) is 24.3. The van der Waals surface area contributed by atoms with Gasteiger partial charge in [-0.25, -0.2) is 9.18 Å². The maximum atomic E-state index is 14.7. The Morgan fingerprint density at radius 1 is 0.943 bits per heavy atom. The molecule has 2 saturated heterocycles. The van der Waals surface area contributed by atoms with Crippen LogP contribution in [-0.4, -0.2) is 59.8 Å². The molecule has 1 amide bonds. The first-order valence-corrected chi connectivity index (χ1v) is 13.3. The van der Waals surface area contributed by atoms with Crippen LogP contribution in [0.5, 0.6) is 0 Å². The molecule has 1 unspecified atom stereocenters. The fourth-order valence-electron chi connectivity index (χ4n) is 7.13. The fourth-order valence-corrected chi connectivity index (χ4v) is 7.13. The molecule has 3 aliphatic rings. The fraction of sp³-hybridized carbons (Fsp3) is 0.552. The number of carbonyl (C=O) groups is 1. The minimum absolute atomic E-state index is 0.0839. The number of hydrogen-bond acceptors (Lipinski definition) is 3. The van der Waals surface area contributed by atoms with Crippen LogP contribution >= 0.6 is 0 Å². The van der Waals surface area contributed by atoms with Gasteiger partial charge < -0.3 is 15.3 Å². The highest BCUT2D eigenvalue weighted by Crippen LogP contribution is 2.51. The average Bonchev–Trinajstić information content (AvgIpc) is 3.28.